The summed E-state index contributed by atoms with van der Waals surface area (Å²) >= 11 is 1.57. The first kappa shape index (κ1) is 16.4. The van der Waals surface area contributed by atoms with E-state index in [0.717, 1.165) is 4.88 Å². The van der Waals surface area contributed by atoms with Gasteiger partial charge >= 0.3 is 0 Å². The standard InChI is InChI=1S/C16H18N4O3S/c21-14-4-3-13(18-19-14)16(23)20-7-5-11(6-8-20)17-15(22)10-12-2-1-9-24-12/h1-4,9,11H,5-8,10H2,(H,17,22)(H,19,21). The van der Waals surface area contributed by atoms with Crippen LogP contribution in [-0.2, 0) is 11.2 Å². The first-order valence-corrected chi connectivity index (χ1v) is 8.66. The molecule has 8 heteroatoms. The number of carbonyl (C=O) groups excluding carboxylic acids is 2. The number of rotatable bonds is 4. The summed E-state index contributed by atoms with van der Waals surface area (Å²) in [5, 5.41) is 11.0. The van der Waals surface area contributed by atoms with Crippen LogP contribution in [0.3, 0.4) is 0 Å². The summed E-state index contributed by atoms with van der Waals surface area (Å²) in [5.41, 5.74) is -0.103. The molecule has 0 aromatic carbocycles. The van der Waals surface area contributed by atoms with E-state index in [2.05, 4.69) is 15.5 Å². The van der Waals surface area contributed by atoms with Crippen LogP contribution >= 0.6 is 11.3 Å². The molecule has 1 fully saturated rings. The van der Waals surface area contributed by atoms with Gasteiger partial charge in [-0.15, -0.1) is 11.3 Å². The van der Waals surface area contributed by atoms with E-state index in [1.807, 2.05) is 17.5 Å². The van der Waals surface area contributed by atoms with Gasteiger partial charge in [-0.3, -0.25) is 14.4 Å². The molecule has 0 atom stereocenters. The summed E-state index contributed by atoms with van der Waals surface area (Å²) in [4.78, 5) is 38.1. The first-order valence-electron chi connectivity index (χ1n) is 7.78. The Morgan fingerprint density at radius 2 is 2.08 bits per heavy atom. The number of likely N-dealkylation sites (tertiary alicyclic amines) is 1. The van der Waals surface area contributed by atoms with Gasteiger partial charge in [0.05, 0.1) is 6.42 Å². The van der Waals surface area contributed by atoms with Gasteiger partial charge in [0.2, 0.25) is 5.91 Å². The second-order valence-corrected chi connectivity index (χ2v) is 6.73. The van der Waals surface area contributed by atoms with Crippen molar-refractivity contribution in [3.05, 3.63) is 50.6 Å². The maximum absolute atomic E-state index is 12.3. The van der Waals surface area contributed by atoms with Gasteiger partial charge in [0.15, 0.2) is 0 Å². The second kappa shape index (κ2) is 7.39. The normalized spacial score (nSPS) is 15.2. The van der Waals surface area contributed by atoms with Gasteiger partial charge in [0.25, 0.3) is 11.5 Å². The minimum atomic E-state index is -0.335. The predicted octanol–water partition coefficient (Wildman–Crippen LogP) is 0.795. The van der Waals surface area contributed by atoms with Crippen LogP contribution < -0.4 is 10.9 Å². The Morgan fingerprint density at radius 3 is 2.71 bits per heavy atom. The molecule has 0 unspecified atom stereocenters. The molecule has 2 aromatic heterocycles. The molecule has 2 amide bonds. The molecule has 2 aromatic rings. The fraction of sp³-hybridized carbons (Fsp3) is 0.375. The second-order valence-electron chi connectivity index (χ2n) is 5.70. The minimum Gasteiger partial charge on any atom is -0.353 e. The Hall–Kier alpha value is -2.48. The van der Waals surface area contributed by atoms with Crippen molar-refractivity contribution in [2.24, 2.45) is 0 Å². The van der Waals surface area contributed by atoms with E-state index in [-0.39, 0.29) is 29.1 Å². The topological polar surface area (TPSA) is 95.2 Å². The van der Waals surface area contributed by atoms with Gasteiger partial charge in [-0.25, -0.2) is 5.10 Å². The van der Waals surface area contributed by atoms with Crippen molar-refractivity contribution in [1.29, 1.82) is 0 Å². The highest BCUT2D eigenvalue weighted by Crippen LogP contribution is 2.14. The number of H-pyrrole nitrogens is 1. The largest absolute Gasteiger partial charge is 0.353 e. The third-order valence-electron chi connectivity index (χ3n) is 3.96. The molecule has 1 aliphatic rings. The lowest BCUT2D eigenvalue weighted by molar-refractivity contribution is -0.121. The van der Waals surface area contributed by atoms with E-state index in [1.165, 1.54) is 12.1 Å². The van der Waals surface area contributed by atoms with Crippen LogP contribution in [0.5, 0.6) is 0 Å². The van der Waals surface area contributed by atoms with Crippen molar-refractivity contribution in [3.8, 4) is 0 Å². The Labute approximate surface area is 142 Å². The zero-order valence-corrected chi connectivity index (χ0v) is 13.8. The summed E-state index contributed by atoms with van der Waals surface area (Å²) in [6.07, 6.45) is 1.83. The maximum atomic E-state index is 12.3. The monoisotopic (exact) mass is 346 g/mol. The molecule has 3 heterocycles. The molecule has 0 saturated carbocycles. The van der Waals surface area contributed by atoms with Gasteiger partial charge in [-0.05, 0) is 30.4 Å². The summed E-state index contributed by atoms with van der Waals surface area (Å²) in [7, 11) is 0. The van der Waals surface area contributed by atoms with Crippen molar-refractivity contribution < 1.29 is 9.59 Å². The number of amides is 2. The van der Waals surface area contributed by atoms with E-state index in [0.29, 0.717) is 32.4 Å². The van der Waals surface area contributed by atoms with Crippen molar-refractivity contribution >= 4 is 23.2 Å². The van der Waals surface area contributed by atoms with Crippen molar-refractivity contribution in [2.75, 3.05) is 13.1 Å². The van der Waals surface area contributed by atoms with Crippen LogP contribution in [0, 0.1) is 0 Å². The molecule has 126 valence electrons. The summed E-state index contributed by atoms with van der Waals surface area (Å²) in [6.45, 7) is 1.12. The molecule has 0 radical (unpaired) electrons. The Kier molecular flexibility index (Phi) is 5.05. The Balaban J connectivity index is 1.48. The average molecular weight is 346 g/mol. The number of hydrogen-bond acceptors (Lipinski definition) is 5. The van der Waals surface area contributed by atoms with Gasteiger partial charge in [0.1, 0.15) is 5.69 Å². The summed E-state index contributed by atoms with van der Waals surface area (Å²) < 4.78 is 0. The molecule has 3 rings (SSSR count). The number of aromatic nitrogens is 2. The molecule has 24 heavy (non-hydrogen) atoms. The molecule has 1 saturated heterocycles. The summed E-state index contributed by atoms with van der Waals surface area (Å²) in [6, 6.07) is 6.68. The number of thiophene rings is 1. The van der Waals surface area contributed by atoms with Crippen LogP contribution in [0.2, 0.25) is 0 Å². The van der Waals surface area contributed by atoms with Crippen LogP contribution in [0.1, 0.15) is 28.2 Å². The predicted molar refractivity (Wildman–Crippen MR) is 89.9 cm³/mol. The SMILES string of the molecule is O=C(Cc1cccs1)NC1CCN(C(=O)c2ccc(=O)[nH]n2)CC1. The fourth-order valence-electron chi connectivity index (χ4n) is 2.70. The van der Waals surface area contributed by atoms with E-state index >= 15 is 0 Å². The van der Waals surface area contributed by atoms with E-state index in [9.17, 15) is 14.4 Å². The molecule has 0 aliphatic carbocycles. The third kappa shape index (κ3) is 4.08. The highest BCUT2D eigenvalue weighted by molar-refractivity contribution is 7.10. The Morgan fingerprint density at radius 1 is 1.29 bits per heavy atom. The number of aromatic amines is 1. The fourth-order valence-corrected chi connectivity index (χ4v) is 3.41. The van der Waals surface area contributed by atoms with Crippen molar-refractivity contribution in [1.82, 2.24) is 20.4 Å². The lowest BCUT2D eigenvalue weighted by atomic mass is 10.0. The number of nitrogens with zero attached hydrogens (tertiary/aromatic N) is 2. The molecule has 2 N–H and O–H groups in total. The van der Waals surface area contributed by atoms with Crippen molar-refractivity contribution in [3.63, 3.8) is 0 Å². The van der Waals surface area contributed by atoms with E-state index in [4.69, 9.17) is 0 Å². The quantitative estimate of drug-likeness (QED) is 0.856. The zero-order valence-electron chi connectivity index (χ0n) is 13.0. The Bertz CT molecular complexity index is 743. The average Bonchev–Trinajstić information content (AvgIpc) is 3.08. The van der Waals surface area contributed by atoms with Crippen LogP contribution in [0.15, 0.2) is 34.4 Å². The lowest BCUT2D eigenvalue weighted by Crippen LogP contribution is -2.47. The number of carbonyl (C=O) groups is 2. The minimum absolute atomic E-state index is 0.0181. The smallest absolute Gasteiger partial charge is 0.274 e. The molecule has 7 nitrogen and oxygen atoms in total. The summed E-state index contributed by atoms with van der Waals surface area (Å²) in [5.74, 6) is -0.181. The zero-order chi connectivity index (χ0) is 16.9. The highest BCUT2D eigenvalue weighted by atomic mass is 32.1. The third-order valence-corrected chi connectivity index (χ3v) is 4.84. The van der Waals surface area contributed by atoms with E-state index < -0.39 is 0 Å². The molecule has 1 aliphatic heterocycles. The first-order chi connectivity index (χ1) is 11.6. The van der Waals surface area contributed by atoms with Gasteiger partial charge < -0.3 is 10.2 Å². The lowest BCUT2D eigenvalue weighted by Gasteiger charge is -2.32. The van der Waals surface area contributed by atoms with Crippen LogP contribution in [0.4, 0.5) is 0 Å². The van der Waals surface area contributed by atoms with Gasteiger partial charge in [-0.1, -0.05) is 6.07 Å². The van der Waals surface area contributed by atoms with Crippen molar-refractivity contribution in [2.45, 2.75) is 25.3 Å². The van der Waals surface area contributed by atoms with Gasteiger partial charge in [-0.2, -0.15) is 5.10 Å². The van der Waals surface area contributed by atoms with Gasteiger partial charge in [0, 0.05) is 30.1 Å². The number of nitrogens with one attached hydrogen (secondary N) is 2. The molecular formula is C16H18N4O3S. The van der Waals surface area contributed by atoms with Crippen LogP contribution in [-0.4, -0.2) is 46.0 Å². The highest BCUT2D eigenvalue weighted by Gasteiger charge is 2.25. The number of piperidine rings is 1. The maximum Gasteiger partial charge on any atom is 0.274 e. The van der Waals surface area contributed by atoms with E-state index in [1.54, 1.807) is 16.2 Å². The van der Waals surface area contributed by atoms with Crippen LogP contribution in [0.25, 0.3) is 0 Å². The molecule has 0 spiro atoms. The molecular weight excluding hydrogens is 328 g/mol. The molecule has 0 bridgehead atoms. The number of hydrogen-bond donors (Lipinski definition) is 2.